The smallest absolute Gasteiger partial charge is 0.168 e. The highest BCUT2D eigenvalue weighted by Crippen LogP contribution is 2.14. The molecular weight excluding hydrogens is 312 g/mol. The zero-order chi connectivity index (χ0) is 17.1. The van der Waals surface area contributed by atoms with Gasteiger partial charge in [0.05, 0.1) is 6.61 Å². The van der Waals surface area contributed by atoms with Gasteiger partial charge in [-0.05, 0) is 22.9 Å². The van der Waals surface area contributed by atoms with Crippen LogP contribution in [0.5, 0.6) is 0 Å². The van der Waals surface area contributed by atoms with Crippen molar-refractivity contribution in [3.63, 3.8) is 0 Å². The van der Waals surface area contributed by atoms with E-state index in [4.69, 9.17) is 4.74 Å². The van der Waals surface area contributed by atoms with Crippen molar-refractivity contribution in [1.29, 1.82) is 0 Å². The van der Waals surface area contributed by atoms with E-state index in [2.05, 4.69) is 17.4 Å². The fraction of sp³-hybridized carbons (Fsp3) is 0.818. The van der Waals surface area contributed by atoms with Gasteiger partial charge in [0.1, 0.15) is 0 Å². The third-order valence-electron chi connectivity index (χ3n) is 4.73. The van der Waals surface area contributed by atoms with E-state index in [1.807, 2.05) is 6.08 Å². The molecule has 1 heterocycles. The molecular formula is C22H40OS. The molecule has 0 N–H and O–H groups in total. The average Bonchev–Trinajstić information content (AvgIpc) is 3.11. The molecule has 0 unspecified atom stereocenters. The Morgan fingerprint density at radius 3 is 1.58 bits per heavy atom. The third-order valence-corrected chi connectivity index (χ3v) is 5.38. The minimum Gasteiger partial charge on any atom is -0.486 e. The van der Waals surface area contributed by atoms with Crippen LogP contribution in [0.15, 0.2) is 17.2 Å². The summed E-state index contributed by atoms with van der Waals surface area (Å²) in [6.07, 6.45) is 24.7. The van der Waals surface area contributed by atoms with Crippen LogP contribution in [0.2, 0.25) is 0 Å². The number of hydrogen-bond donors (Lipinski definition) is 1. The molecule has 1 rings (SSSR count). The van der Waals surface area contributed by atoms with Crippen LogP contribution in [0.1, 0.15) is 110 Å². The van der Waals surface area contributed by atoms with E-state index in [9.17, 15) is 0 Å². The van der Waals surface area contributed by atoms with Crippen molar-refractivity contribution in [2.75, 3.05) is 6.61 Å². The monoisotopic (exact) mass is 352 g/mol. The van der Waals surface area contributed by atoms with E-state index in [0.29, 0.717) is 0 Å². The second kappa shape index (κ2) is 17.4. The first-order valence-corrected chi connectivity index (χ1v) is 11.5. The number of hydrogen-bond acceptors (Lipinski definition) is 1. The Bertz CT molecular complexity index is 366. The molecule has 0 saturated carbocycles. The maximum atomic E-state index is 5.63. The zero-order valence-electron chi connectivity index (χ0n) is 16.0. The van der Waals surface area contributed by atoms with Gasteiger partial charge >= 0.3 is 0 Å². The Morgan fingerprint density at radius 2 is 1.17 bits per heavy atom. The van der Waals surface area contributed by atoms with E-state index in [-0.39, 0.29) is 0 Å². The average molecular weight is 353 g/mol. The van der Waals surface area contributed by atoms with Crippen molar-refractivity contribution >= 4 is 16.4 Å². The van der Waals surface area contributed by atoms with Gasteiger partial charge in [-0.25, -0.2) is 0 Å². The Labute approximate surface area is 154 Å². The van der Waals surface area contributed by atoms with Crippen molar-refractivity contribution in [1.82, 2.24) is 0 Å². The molecule has 1 nitrogen and oxygen atoms in total. The summed E-state index contributed by atoms with van der Waals surface area (Å²) in [4.78, 5) is 0. The molecule has 1 aliphatic heterocycles. The fourth-order valence-corrected chi connectivity index (χ4v) is 3.71. The molecule has 0 radical (unpaired) electrons. The summed E-state index contributed by atoms with van der Waals surface area (Å²) in [7, 11) is 0. The summed E-state index contributed by atoms with van der Waals surface area (Å²) in [5.41, 5.74) is 0. The predicted octanol–water partition coefficient (Wildman–Crippen LogP) is 7.54. The molecule has 0 atom stereocenters. The highest BCUT2D eigenvalue weighted by molar-refractivity contribution is 8.00. The summed E-state index contributed by atoms with van der Waals surface area (Å²) < 4.78 is 5.63. The van der Waals surface area contributed by atoms with E-state index in [0.717, 1.165) is 23.7 Å². The van der Waals surface area contributed by atoms with Gasteiger partial charge < -0.3 is 4.74 Å². The molecule has 0 aromatic carbocycles. The minimum atomic E-state index is 0.862. The van der Waals surface area contributed by atoms with Gasteiger partial charge in [-0.2, -0.15) is 0 Å². The van der Waals surface area contributed by atoms with Gasteiger partial charge in [0.15, 0.2) is 5.76 Å². The molecule has 24 heavy (non-hydrogen) atoms. The minimum absolute atomic E-state index is 0.862. The molecule has 0 bridgehead atoms. The number of allylic oxidation sites excluding steroid dienone is 1. The Morgan fingerprint density at radius 1 is 0.708 bits per heavy atom. The van der Waals surface area contributed by atoms with E-state index in [1.165, 1.54) is 103 Å². The van der Waals surface area contributed by atoms with E-state index in [1.54, 1.807) is 0 Å². The Balaban J connectivity index is 1.66. The second-order valence-electron chi connectivity index (χ2n) is 7.07. The van der Waals surface area contributed by atoms with Gasteiger partial charge in [-0.15, -0.1) is 11.4 Å². The lowest BCUT2D eigenvalue weighted by molar-refractivity contribution is 0.222. The zero-order valence-corrected chi connectivity index (χ0v) is 16.9. The lowest BCUT2D eigenvalue weighted by atomic mass is 10.0. The molecule has 0 amide bonds. The molecule has 0 aromatic rings. The first-order chi connectivity index (χ1) is 11.9. The summed E-state index contributed by atoms with van der Waals surface area (Å²) >= 11 is 1.14. The predicted molar refractivity (Wildman–Crippen MR) is 112 cm³/mol. The summed E-state index contributed by atoms with van der Waals surface area (Å²) in [6.45, 7) is 3.15. The first-order valence-electron chi connectivity index (χ1n) is 10.6. The molecule has 140 valence electrons. The van der Waals surface area contributed by atoms with Crippen LogP contribution >= 0.6 is 11.4 Å². The van der Waals surface area contributed by atoms with Crippen molar-refractivity contribution in [2.45, 2.75) is 110 Å². The standard InChI is InChI=1S/C22H40OS/c1-2-3-4-5-6-7-8-9-10-11-12-13-14-15-16-17-19-23-22-18-20-24-21-22/h18,20,24H,2-17,19H2,1H3. The highest BCUT2D eigenvalue weighted by Gasteiger charge is 1.96. The highest BCUT2D eigenvalue weighted by atomic mass is 32.1. The lowest BCUT2D eigenvalue weighted by Gasteiger charge is -2.05. The topological polar surface area (TPSA) is 9.23 Å². The number of unbranched alkanes of at least 4 members (excludes halogenated alkanes) is 15. The van der Waals surface area contributed by atoms with Gasteiger partial charge in [0.2, 0.25) is 0 Å². The molecule has 0 aromatic heterocycles. The SMILES string of the molecule is CCCCCCCCCCCCCCCCCCOC1=C=[SH]C=C1. The summed E-state index contributed by atoms with van der Waals surface area (Å²) in [5, 5.41) is 5.24. The third kappa shape index (κ3) is 13.9. The largest absolute Gasteiger partial charge is 0.486 e. The van der Waals surface area contributed by atoms with Crippen LogP contribution < -0.4 is 0 Å². The van der Waals surface area contributed by atoms with Crippen molar-refractivity contribution in [2.24, 2.45) is 0 Å². The van der Waals surface area contributed by atoms with Crippen LogP contribution in [0.25, 0.3) is 0 Å². The number of ether oxygens (including phenoxy) is 1. The molecule has 2 heteroatoms. The normalized spacial score (nSPS) is 13.1. The van der Waals surface area contributed by atoms with Crippen molar-refractivity contribution < 1.29 is 4.74 Å². The van der Waals surface area contributed by atoms with Crippen LogP contribution in [0, 0.1) is 0 Å². The number of thiol groups is 1. The number of rotatable bonds is 18. The molecule has 0 fully saturated rings. The van der Waals surface area contributed by atoms with Crippen LogP contribution in [-0.4, -0.2) is 11.6 Å². The summed E-state index contributed by atoms with van der Waals surface area (Å²) in [5.74, 6) is 0.942. The molecule has 0 spiro atoms. The van der Waals surface area contributed by atoms with E-state index >= 15 is 0 Å². The maximum absolute atomic E-state index is 5.63. The maximum Gasteiger partial charge on any atom is 0.168 e. The quantitative estimate of drug-likeness (QED) is 0.152. The lowest BCUT2D eigenvalue weighted by Crippen LogP contribution is -1.93. The van der Waals surface area contributed by atoms with Crippen LogP contribution in [0.4, 0.5) is 0 Å². The Kier molecular flexibility index (Phi) is 15.6. The molecule has 1 aliphatic rings. The van der Waals surface area contributed by atoms with Crippen LogP contribution in [-0.2, 0) is 4.74 Å². The van der Waals surface area contributed by atoms with Gasteiger partial charge in [-0.3, -0.25) is 0 Å². The molecule has 0 saturated heterocycles. The first kappa shape index (κ1) is 21.6. The van der Waals surface area contributed by atoms with Gasteiger partial charge in [-0.1, -0.05) is 103 Å². The Hall–Kier alpha value is -0.460. The van der Waals surface area contributed by atoms with Gasteiger partial charge in [0, 0.05) is 0 Å². The van der Waals surface area contributed by atoms with Crippen molar-refractivity contribution in [3.05, 3.63) is 17.2 Å². The fourth-order valence-electron chi connectivity index (χ4n) is 3.16. The van der Waals surface area contributed by atoms with Crippen LogP contribution in [0.3, 0.4) is 0 Å². The van der Waals surface area contributed by atoms with E-state index < -0.39 is 0 Å². The summed E-state index contributed by atoms with van der Waals surface area (Å²) in [6, 6.07) is 0. The second-order valence-corrected chi connectivity index (χ2v) is 7.85. The molecule has 0 aliphatic carbocycles. The van der Waals surface area contributed by atoms with Gasteiger partial charge in [0.25, 0.3) is 0 Å². The van der Waals surface area contributed by atoms with Crippen molar-refractivity contribution in [3.8, 4) is 0 Å².